The van der Waals surface area contributed by atoms with E-state index in [2.05, 4.69) is 40.4 Å². The van der Waals surface area contributed by atoms with Gasteiger partial charge in [-0.25, -0.2) is 3.11 Å². The minimum Gasteiger partial charge on any atom is -0.499 e. The highest BCUT2D eigenvalue weighted by Crippen LogP contribution is 2.13. The van der Waals surface area contributed by atoms with Crippen molar-refractivity contribution in [1.29, 1.82) is 0 Å². The lowest BCUT2D eigenvalue weighted by molar-refractivity contribution is -0.0459. The number of halogens is 1. The first-order chi connectivity index (χ1) is 5.72. The molecule has 1 fully saturated rings. The largest absolute Gasteiger partial charge is 0.499 e. The number of morpholine rings is 1. The Labute approximate surface area is 88.0 Å². The van der Waals surface area contributed by atoms with Crippen LogP contribution < -0.4 is 0 Å². The van der Waals surface area contributed by atoms with Crippen LogP contribution in [-0.4, -0.2) is 42.8 Å². The Morgan fingerprint density at radius 2 is 2.50 bits per heavy atom. The quantitative estimate of drug-likeness (QED) is 0.318. The zero-order chi connectivity index (χ0) is 8.97. The van der Waals surface area contributed by atoms with Gasteiger partial charge in [-0.3, -0.25) is 0 Å². The summed E-state index contributed by atoms with van der Waals surface area (Å²) in [5, 5.41) is 0. The molecule has 0 bridgehead atoms. The van der Waals surface area contributed by atoms with Gasteiger partial charge in [-0.1, -0.05) is 6.58 Å². The third kappa shape index (κ3) is 3.32. The molecule has 0 saturated carbocycles. The fourth-order valence-corrected chi connectivity index (χ4v) is 2.25. The summed E-state index contributed by atoms with van der Waals surface area (Å²) in [7, 11) is 2.08. The molecular formula is C7H13BINO2. The number of hydrogen-bond acceptors (Lipinski definition) is 3. The van der Waals surface area contributed by atoms with Gasteiger partial charge in [0.15, 0.2) is 0 Å². The Kier molecular flexibility index (Phi) is 4.38. The molecule has 12 heavy (non-hydrogen) atoms. The second-order valence-corrected chi connectivity index (χ2v) is 4.26. The van der Waals surface area contributed by atoms with E-state index in [1.54, 1.807) is 0 Å². The molecule has 5 heteroatoms. The zero-order valence-electron chi connectivity index (χ0n) is 7.20. The maximum Gasteiger partial charge on any atom is 0.140 e. The van der Waals surface area contributed by atoms with Crippen LogP contribution in [0.1, 0.15) is 0 Å². The van der Waals surface area contributed by atoms with Gasteiger partial charge < -0.3 is 9.47 Å². The van der Waals surface area contributed by atoms with Crippen LogP contribution in [0.5, 0.6) is 0 Å². The SMILES string of the molecule is BC1CN(I)CC(COC=C)O1. The monoisotopic (exact) mass is 281 g/mol. The molecule has 68 valence electrons. The minimum atomic E-state index is 0.184. The predicted molar refractivity (Wildman–Crippen MR) is 58.9 cm³/mol. The van der Waals surface area contributed by atoms with Gasteiger partial charge >= 0.3 is 0 Å². The summed E-state index contributed by atoms with van der Waals surface area (Å²) < 4.78 is 12.9. The molecule has 0 radical (unpaired) electrons. The van der Waals surface area contributed by atoms with Crippen molar-refractivity contribution >= 4 is 30.7 Å². The Bertz CT molecular complexity index is 148. The second-order valence-electron chi connectivity index (χ2n) is 2.90. The molecule has 3 nitrogen and oxygen atoms in total. The fourth-order valence-electron chi connectivity index (χ4n) is 1.26. The van der Waals surface area contributed by atoms with Gasteiger partial charge in [0, 0.05) is 42.0 Å². The average Bonchev–Trinajstić information content (AvgIpc) is 1.99. The van der Waals surface area contributed by atoms with Crippen LogP contribution in [0.15, 0.2) is 12.8 Å². The summed E-state index contributed by atoms with van der Waals surface area (Å²) in [6.07, 6.45) is 1.64. The first-order valence-electron chi connectivity index (χ1n) is 4.01. The van der Waals surface area contributed by atoms with Crippen LogP contribution in [0.4, 0.5) is 0 Å². The van der Waals surface area contributed by atoms with Crippen molar-refractivity contribution in [3.63, 3.8) is 0 Å². The van der Waals surface area contributed by atoms with Gasteiger partial charge in [0.1, 0.15) is 20.6 Å². The summed E-state index contributed by atoms with van der Waals surface area (Å²) >= 11 is 2.31. The molecule has 1 saturated heterocycles. The summed E-state index contributed by atoms with van der Waals surface area (Å²) in [4.78, 5) is 0. The zero-order valence-corrected chi connectivity index (χ0v) is 9.36. The van der Waals surface area contributed by atoms with Crippen molar-refractivity contribution in [3.8, 4) is 0 Å². The lowest BCUT2D eigenvalue weighted by Gasteiger charge is -2.32. The van der Waals surface area contributed by atoms with Gasteiger partial charge in [-0.2, -0.15) is 0 Å². The second kappa shape index (κ2) is 5.09. The molecule has 0 aromatic rings. The van der Waals surface area contributed by atoms with Crippen LogP contribution in [0.25, 0.3) is 0 Å². The summed E-state index contributed by atoms with van der Waals surface area (Å²) in [6, 6.07) is 0.300. The molecule has 0 aromatic carbocycles. The molecule has 0 spiro atoms. The normalized spacial score (nSPS) is 31.4. The van der Waals surface area contributed by atoms with E-state index in [0.717, 1.165) is 13.1 Å². The lowest BCUT2D eigenvalue weighted by Crippen LogP contribution is -2.45. The molecule has 0 aliphatic carbocycles. The first-order valence-corrected chi connectivity index (χ1v) is 4.97. The van der Waals surface area contributed by atoms with Crippen molar-refractivity contribution < 1.29 is 9.47 Å². The van der Waals surface area contributed by atoms with Crippen LogP contribution in [0.3, 0.4) is 0 Å². The van der Waals surface area contributed by atoms with E-state index in [9.17, 15) is 0 Å². The van der Waals surface area contributed by atoms with Gasteiger partial charge in [0.2, 0.25) is 0 Å². The first kappa shape index (κ1) is 10.3. The van der Waals surface area contributed by atoms with Crippen LogP contribution in [-0.2, 0) is 9.47 Å². The maximum absolute atomic E-state index is 5.64. The molecule has 2 unspecified atom stereocenters. The smallest absolute Gasteiger partial charge is 0.140 e. The molecule has 0 aromatic heterocycles. The summed E-state index contributed by atoms with van der Waals surface area (Å²) in [5.41, 5.74) is 0. The molecule has 1 rings (SSSR count). The Balaban J connectivity index is 2.28. The van der Waals surface area contributed by atoms with E-state index in [1.165, 1.54) is 6.26 Å². The van der Waals surface area contributed by atoms with Gasteiger partial charge in [0.25, 0.3) is 0 Å². The third-order valence-corrected chi connectivity index (χ3v) is 2.47. The van der Waals surface area contributed by atoms with E-state index in [1.807, 2.05) is 0 Å². The van der Waals surface area contributed by atoms with Crippen LogP contribution >= 0.6 is 22.9 Å². The Morgan fingerprint density at radius 1 is 1.75 bits per heavy atom. The number of hydrogen-bond donors (Lipinski definition) is 0. The molecular weight excluding hydrogens is 268 g/mol. The molecule has 0 amide bonds. The van der Waals surface area contributed by atoms with Crippen molar-refractivity contribution in [2.24, 2.45) is 0 Å². The van der Waals surface area contributed by atoms with Crippen molar-refractivity contribution in [1.82, 2.24) is 3.11 Å². The molecule has 1 aliphatic rings. The average molecular weight is 281 g/mol. The maximum atomic E-state index is 5.64. The Hall–Kier alpha value is 0.255. The van der Waals surface area contributed by atoms with E-state index in [-0.39, 0.29) is 6.10 Å². The molecule has 1 heterocycles. The van der Waals surface area contributed by atoms with Crippen LogP contribution in [0.2, 0.25) is 0 Å². The van der Waals surface area contributed by atoms with Gasteiger partial charge in [-0.05, 0) is 0 Å². The summed E-state index contributed by atoms with van der Waals surface area (Å²) in [6.45, 7) is 6.01. The predicted octanol–water partition coefficient (Wildman–Crippen LogP) is 0.156. The third-order valence-electron chi connectivity index (χ3n) is 1.68. The van der Waals surface area contributed by atoms with Crippen molar-refractivity contribution in [2.45, 2.75) is 12.1 Å². The number of rotatable bonds is 3. The number of nitrogens with zero attached hydrogens (tertiary/aromatic N) is 1. The van der Waals surface area contributed by atoms with E-state index in [4.69, 9.17) is 9.47 Å². The topological polar surface area (TPSA) is 21.7 Å². The highest BCUT2D eigenvalue weighted by atomic mass is 127. The van der Waals surface area contributed by atoms with Gasteiger partial charge in [0.05, 0.1) is 6.26 Å². The molecule has 1 aliphatic heterocycles. The van der Waals surface area contributed by atoms with Crippen molar-refractivity contribution in [2.75, 3.05) is 19.7 Å². The lowest BCUT2D eigenvalue weighted by atomic mass is 9.98. The van der Waals surface area contributed by atoms with Crippen molar-refractivity contribution in [3.05, 3.63) is 12.8 Å². The standard InChI is InChI=1S/C7H13BINO2/c1-2-11-5-6-3-10(9)4-7(8)12-6/h2,6-7H,1,3-5,8H2. The van der Waals surface area contributed by atoms with Gasteiger partial charge in [-0.15, -0.1) is 0 Å². The van der Waals surface area contributed by atoms with E-state index in [0.29, 0.717) is 12.6 Å². The van der Waals surface area contributed by atoms with E-state index >= 15 is 0 Å². The van der Waals surface area contributed by atoms with E-state index < -0.39 is 0 Å². The summed E-state index contributed by atoms with van der Waals surface area (Å²) in [5.74, 6) is 0. The fraction of sp³-hybridized carbons (Fsp3) is 0.714. The number of ether oxygens (including phenoxy) is 2. The highest BCUT2D eigenvalue weighted by molar-refractivity contribution is 14.1. The van der Waals surface area contributed by atoms with Crippen LogP contribution in [0, 0.1) is 0 Å². The highest BCUT2D eigenvalue weighted by Gasteiger charge is 2.23. The Morgan fingerprint density at radius 3 is 3.08 bits per heavy atom. The minimum absolute atomic E-state index is 0.184. The molecule has 2 atom stereocenters. The molecule has 0 N–H and O–H groups in total.